The van der Waals surface area contributed by atoms with E-state index in [1.165, 1.54) is 9.25 Å². The van der Waals surface area contributed by atoms with Gasteiger partial charge in [0, 0.05) is 18.8 Å². The monoisotopic (exact) mass is 383 g/mol. The van der Waals surface area contributed by atoms with Crippen LogP contribution in [0.5, 0.6) is 0 Å². The van der Waals surface area contributed by atoms with Crippen molar-refractivity contribution in [2.45, 2.75) is 6.92 Å². The van der Waals surface area contributed by atoms with E-state index in [1.54, 1.807) is 44.3 Å². The van der Waals surface area contributed by atoms with Crippen molar-refractivity contribution in [3.8, 4) is 5.69 Å². The Labute approximate surface area is 158 Å². The average Bonchev–Trinajstić information content (AvgIpc) is 3.16. The molecule has 2 aromatic heterocycles. The largest absolute Gasteiger partial charge is 0.419 e. The van der Waals surface area contributed by atoms with Gasteiger partial charge in [-0.25, -0.2) is 14.5 Å². The average molecular weight is 384 g/mol. The summed E-state index contributed by atoms with van der Waals surface area (Å²) in [4.78, 5) is 28.3. The molecule has 0 aliphatic carbocycles. The molecule has 0 bridgehead atoms. The Morgan fingerprint density at radius 1 is 1.22 bits per heavy atom. The molecule has 0 fully saturated rings. The highest BCUT2D eigenvalue weighted by molar-refractivity contribution is 6.32. The lowest BCUT2D eigenvalue weighted by atomic mass is 10.3. The lowest BCUT2D eigenvalue weighted by Crippen LogP contribution is -2.14. The smallest absolute Gasteiger partial charge is 0.408 e. The number of para-hydroxylation sites is 1. The molecule has 4 rings (SSSR count). The molecule has 4 aromatic rings. The van der Waals surface area contributed by atoms with Crippen LogP contribution in [0.25, 0.3) is 16.8 Å². The summed E-state index contributed by atoms with van der Waals surface area (Å²) in [5.41, 5.74) is 2.12. The predicted octanol–water partition coefficient (Wildman–Crippen LogP) is 2.93. The maximum Gasteiger partial charge on any atom is 0.419 e. The van der Waals surface area contributed by atoms with Crippen LogP contribution < -0.4 is 11.1 Å². The van der Waals surface area contributed by atoms with E-state index in [1.807, 2.05) is 12.1 Å². The molecule has 0 unspecified atom stereocenters. The molecule has 0 saturated carbocycles. The summed E-state index contributed by atoms with van der Waals surface area (Å²) in [6, 6.07) is 12.1. The van der Waals surface area contributed by atoms with E-state index in [0.717, 1.165) is 0 Å². The normalized spacial score (nSPS) is 11.1. The molecule has 2 heterocycles. The van der Waals surface area contributed by atoms with Gasteiger partial charge in [0.05, 0.1) is 16.2 Å². The minimum Gasteiger partial charge on any atom is -0.408 e. The molecule has 1 N–H and O–H groups in total. The Bertz CT molecular complexity index is 1240. The van der Waals surface area contributed by atoms with Crippen LogP contribution in [0.2, 0.25) is 5.02 Å². The van der Waals surface area contributed by atoms with Gasteiger partial charge in [-0.15, -0.1) is 5.10 Å². The molecule has 2 aromatic carbocycles. The number of rotatable bonds is 3. The van der Waals surface area contributed by atoms with E-state index in [-0.39, 0.29) is 5.82 Å². The number of carbonyl (C=O) groups excluding carboxylic acids is 1. The third-order valence-electron chi connectivity index (χ3n) is 4.10. The van der Waals surface area contributed by atoms with E-state index in [9.17, 15) is 9.59 Å². The van der Waals surface area contributed by atoms with Gasteiger partial charge in [-0.3, -0.25) is 9.36 Å². The first-order valence-corrected chi connectivity index (χ1v) is 8.41. The maximum absolute atomic E-state index is 12.5. The number of nitrogens with zero attached hydrogens (tertiary/aromatic N) is 4. The molecule has 0 aliphatic heterocycles. The molecule has 0 spiro atoms. The Morgan fingerprint density at radius 2 is 2.00 bits per heavy atom. The Balaban J connectivity index is 1.63. The summed E-state index contributed by atoms with van der Waals surface area (Å²) < 4.78 is 8.02. The number of aryl methyl sites for hydroxylation is 2. The highest BCUT2D eigenvalue weighted by Gasteiger charge is 2.17. The van der Waals surface area contributed by atoms with Crippen molar-refractivity contribution in [2.75, 3.05) is 5.32 Å². The van der Waals surface area contributed by atoms with Crippen molar-refractivity contribution < 1.29 is 9.21 Å². The Hall–Kier alpha value is -3.39. The molecule has 0 saturated heterocycles. The van der Waals surface area contributed by atoms with E-state index in [2.05, 4.69) is 15.4 Å². The topological polar surface area (TPSA) is 94.9 Å². The number of anilines is 1. The van der Waals surface area contributed by atoms with Gasteiger partial charge in [-0.2, -0.15) is 0 Å². The number of hydrogen-bond donors (Lipinski definition) is 1. The summed E-state index contributed by atoms with van der Waals surface area (Å²) in [5.74, 6) is -0.425. The highest BCUT2D eigenvalue weighted by atomic mass is 35.5. The molecule has 8 nitrogen and oxygen atoms in total. The van der Waals surface area contributed by atoms with Crippen molar-refractivity contribution in [2.24, 2.45) is 7.05 Å². The molecule has 1 amide bonds. The lowest BCUT2D eigenvalue weighted by molar-refractivity contribution is 0.101. The second-order valence-electron chi connectivity index (χ2n) is 5.91. The van der Waals surface area contributed by atoms with Gasteiger partial charge in [0.2, 0.25) is 5.82 Å². The van der Waals surface area contributed by atoms with Gasteiger partial charge >= 0.3 is 5.76 Å². The number of halogens is 1. The van der Waals surface area contributed by atoms with Crippen molar-refractivity contribution in [3.05, 3.63) is 69.7 Å². The van der Waals surface area contributed by atoms with Crippen molar-refractivity contribution in [1.82, 2.24) is 19.3 Å². The van der Waals surface area contributed by atoms with Gasteiger partial charge in [0.1, 0.15) is 5.82 Å². The molecule has 136 valence electrons. The molecular formula is C18H14ClN5O3. The van der Waals surface area contributed by atoms with Gasteiger partial charge < -0.3 is 9.73 Å². The zero-order valence-corrected chi connectivity index (χ0v) is 15.2. The highest BCUT2D eigenvalue weighted by Crippen LogP contribution is 2.21. The molecule has 9 heteroatoms. The lowest BCUT2D eigenvalue weighted by Gasteiger charge is -2.04. The van der Waals surface area contributed by atoms with Crippen LogP contribution in [0.1, 0.15) is 16.4 Å². The first kappa shape index (κ1) is 17.0. The Kier molecular flexibility index (Phi) is 4.04. The molecule has 0 radical (unpaired) electrons. The van der Waals surface area contributed by atoms with Gasteiger partial charge in [0.25, 0.3) is 5.91 Å². The third-order valence-corrected chi connectivity index (χ3v) is 4.42. The Morgan fingerprint density at radius 3 is 2.78 bits per heavy atom. The first-order chi connectivity index (χ1) is 12.9. The zero-order chi connectivity index (χ0) is 19.1. The van der Waals surface area contributed by atoms with Gasteiger partial charge in [-0.05, 0) is 31.2 Å². The number of oxazole rings is 1. The summed E-state index contributed by atoms with van der Waals surface area (Å²) >= 11 is 6.19. The van der Waals surface area contributed by atoms with Crippen molar-refractivity contribution in [3.63, 3.8) is 0 Å². The van der Waals surface area contributed by atoms with Crippen LogP contribution in [-0.4, -0.2) is 25.2 Å². The van der Waals surface area contributed by atoms with Gasteiger partial charge in [-0.1, -0.05) is 23.7 Å². The fraction of sp³-hybridized carbons (Fsp3) is 0.111. The standard InChI is InChI=1S/C18H14ClN5O3/c1-10-20-16(22-24(10)13-6-4-3-5-12(13)19)17(25)21-11-7-8-14-15(9-11)27-18(26)23(14)2/h3-9H,1-2H3,(H,21,25). The van der Waals surface area contributed by atoms with Crippen LogP contribution in [0.4, 0.5) is 5.69 Å². The zero-order valence-electron chi connectivity index (χ0n) is 14.4. The summed E-state index contributed by atoms with van der Waals surface area (Å²) in [5, 5.41) is 7.46. The molecular weight excluding hydrogens is 370 g/mol. The van der Waals surface area contributed by atoms with E-state index >= 15 is 0 Å². The number of carbonyl (C=O) groups is 1. The quantitative estimate of drug-likeness (QED) is 0.587. The number of amides is 1. The number of fused-ring (bicyclic) bond motifs is 1. The van der Waals surface area contributed by atoms with Crippen LogP contribution in [0, 0.1) is 6.92 Å². The van der Waals surface area contributed by atoms with Crippen LogP contribution in [0.15, 0.2) is 51.7 Å². The summed E-state index contributed by atoms with van der Waals surface area (Å²) in [7, 11) is 1.61. The maximum atomic E-state index is 12.5. The fourth-order valence-electron chi connectivity index (χ4n) is 2.74. The van der Waals surface area contributed by atoms with Crippen molar-refractivity contribution in [1.29, 1.82) is 0 Å². The summed E-state index contributed by atoms with van der Waals surface area (Å²) in [6.45, 7) is 1.73. The third kappa shape index (κ3) is 3.00. The van der Waals surface area contributed by atoms with E-state index in [4.69, 9.17) is 16.0 Å². The first-order valence-electron chi connectivity index (χ1n) is 8.03. The molecule has 0 atom stereocenters. The van der Waals surface area contributed by atoms with Crippen LogP contribution >= 0.6 is 11.6 Å². The SMILES string of the molecule is Cc1nc(C(=O)Nc2ccc3c(c2)oc(=O)n3C)nn1-c1ccccc1Cl. The fourth-order valence-corrected chi connectivity index (χ4v) is 2.95. The van der Waals surface area contributed by atoms with Crippen LogP contribution in [-0.2, 0) is 7.05 Å². The predicted molar refractivity (Wildman–Crippen MR) is 101 cm³/mol. The molecule has 0 aliphatic rings. The minimum absolute atomic E-state index is 0.00188. The van der Waals surface area contributed by atoms with Gasteiger partial charge in [0.15, 0.2) is 5.58 Å². The molecule has 27 heavy (non-hydrogen) atoms. The van der Waals surface area contributed by atoms with Crippen LogP contribution in [0.3, 0.4) is 0 Å². The minimum atomic E-state index is -0.485. The number of hydrogen-bond acceptors (Lipinski definition) is 5. The second-order valence-corrected chi connectivity index (χ2v) is 6.32. The summed E-state index contributed by atoms with van der Waals surface area (Å²) in [6.07, 6.45) is 0. The van der Waals surface area contributed by atoms with E-state index < -0.39 is 11.7 Å². The number of nitrogens with one attached hydrogen (secondary N) is 1. The van der Waals surface area contributed by atoms with E-state index in [0.29, 0.717) is 33.3 Å². The van der Waals surface area contributed by atoms with Crippen molar-refractivity contribution >= 4 is 34.3 Å². The number of aromatic nitrogens is 4. The number of benzene rings is 2. The second kappa shape index (κ2) is 6.40.